The SMILES string of the molecule is CCCc1ccc2c(N)c(C(=O)Nc3sc4c(c3C(=O)OC)CCc3ccccc3-4)sc2n1. The number of carbonyl (C=O) groups excluding carboxylic acids is 2. The molecule has 8 heteroatoms. The van der Waals surface area contributed by atoms with Crippen molar-refractivity contribution in [2.45, 2.75) is 32.6 Å². The van der Waals surface area contributed by atoms with Gasteiger partial charge in [-0.2, -0.15) is 0 Å². The number of benzene rings is 1. The lowest BCUT2D eigenvalue weighted by Crippen LogP contribution is -2.15. The highest BCUT2D eigenvalue weighted by Crippen LogP contribution is 2.46. The molecule has 168 valence electrons. The van der Waals surface area contributed by atoms with Gasteiger partial charge in [0.25, 0.3) is 5.91 Å². The van der Waals surface area contributed by atoms with Crippen LogP contribution in [0, 0.1) is 0 Å². The average Bonchev–Trinajstić information content (AvgIpc) is 3.36. The van der Waals surface area contributed by atoms with Gasteiger partial charge in [0.1, 0.15) is 14.7 Å². The van der Waals surface area contributed by atoms with E-state index in [2.05, 4.69) is 29.4 Å². The second-order valence-electron chi connectivity index (χ2n) is 7.97. The number of nitrogens with one attached hydrogen (secondary N) is 1. The molecule has 1 aromatic carbocycles. The van der Waals surface area contributed by atoms with Gasteiger partial charge in [0, 0.05) is 16.0 Å². The molecule has 0 spiro atoms. The van der Waals surface area contributed by atoms with Gasteiger partial charge in [0.15, 0.2) is 0 Å². The van der Waals surface area contributed by atoms with Crippen LogP contribution in [0.3, 0.4) is 0 Å². The van der Waals surface area contributed by atoms with Crippen LogP contribution in [0.15, 0.2) is 36.4 Å². The molecular formula is C25H23N3O3S2. The van der Waals surface area contributed by atoms with Crippen LogP contribution in [0.5, 0.6) is 0 Å². The zero-order valence-electron chi connectivity index (χ0n) is 18.4. The second kappa shape index (κ2) is 8.61. The zero-order chi connectivity index (χ0) is 23.1. The molecule has 0 bridgehead atoms. The highest BCUT2D eigenvalue weighted by molar-refractivity contribution is 7.22. The van der Waals surface area contributed by atoms with Crippen molar-refractivity contribution in [1.29, 1.82) is 0 Å². The molecule has 1 amide bonds. The minimum atomic E-state index is -0.447. The Labute approximate surface area is 199 Å². The largest absolute Gasteiger partial charge is 0.465 e. The topological polar surface area (TPSA) is 94.3 Å². The Morgan fingerprint density at radius 1 is 1.15 bits per heavy atom. The Morgan fingerprint density at radius 2 is 1.97 bits per heavy atom. The number of methoxy groups -OCH3 is 1. The number of thiophene rings is 2. The molecule has 0 aliphatic heterocycles. The van der Waals surface area contributed by atoms with Gasteiger partial charge in [-0.05, 0) is 48.1 Å². The van der Waals surface area contributed by atoms with Gasteiger partial charge in [-0.1, -0.05) is 37.6 Å². The average molecular weight is 478 g/mol. The number of carbonyl (C=O) groups is 2. The van der Waals surface area contributed by atoms with Gasteiger partial charge in [-0.25, -0.2) is 9.78 Å². The molecular weight excluding hydrogens is 454 g/mol. The number of nitrogens with zero attached hydrogens (tertiary/aromatic N) is 1. The van der Waals surface area contributed by atoms with Crippen LogP contribution in [0.2, 0.25) is 0 Å². The van der Waals surface area contributed by atoms with Crippen molar-refractivity contribution in [3.63, 3.8) is 0 Å². The Kier molecular flexibility index (Phi) is 5.64. The summed E-state index contributed by atoms with van der Waals surface area (Å²) in [4.78, 5) is 32.8. The van der Waals surface area contributed by atoms with Gasteiger partial charge in [-0.15, -0.1) is 22.7 Å². The van der Waals surface area contributed by atoms with Crippen LogP contribution >= 0.6 is 22.7 Å². The summed E-state index contributed by atoms with van der Waals surface area (Å²) in [6.45, 7) is 2.10. The number of rotatable bonds is 5. The van der Waals surface area contributed by atoms with Crippen LogP contribution in [-0.2, 0) is 24.0 Å². The number of nitrogen functional groups attached to an aromatic ring is 1. The van der Waals surface area contributed by atoms with E-state index in [1.807, 2.05) is 24.3 Å². The molecule has 6 nitrogen and oxygen atoms in total. The number of ether oxygens (including phenoxy) is 1. The minimum Gasteiger partial charge on any atom is -0.465 e. The molecule has 0 saturated heterocycles. The molecule has 4 aromatic rings. The molecule has 0 radical (unpaired) electrons. The Morgan fingerprint density at radius 3 is 2.76 bits per heavy atom. The summed E-state index contributed by atoms with van der Waals surface area (Å²) in [5.41, 5.74) is 11.4. The van der Waals surface area contributed by atoms with E-state index < -0.39 is 5.97 Å². The third-order valence-electron chi connectivity index (χ3n) is 5.89. The summed E-state index contributed by atoms with van der Waals surface area (Å²) in [6.07, 6.45) is 3.43. The Bertz CT molecular complexity index is 1400. The fourth-order valence-electron chi connectivity index (χ4n) is 4.31. The van der Waals surface area contributed by atoms with Crippen molar-refractivity contribution >= 4 is 55.5 Å². The van der Waals surface area contributed by atoms with E-state index in [0.29, 0.717) is 21.1 Å². The molecule has 1 aliphatic rings. The summed E-state index contributed by atoms with van der Waals surface area (Å²) in [6, 6.07) is 12.0. The first kappa shape index (κ1) is 21.6. The van der Waals surface area contributed by atoms with Gasteiger partial charge in [0.2, 0.25) is 0 Å². The number of anilines is 2. The quantitative estimate of drug-likeness (QED) is 0.360. The molecule has 0 atom stereocenters. The highest BCUT2D eigenvalue weighted by atomic mass is 32.1. The number of pyridine rings is 1. The predicted octanol–water partition coefficient (Wildman–Crippen LogP) is 5.70. The number of amides is 1. The lowest BCUT2D eigenvalue weighted by atomic mass is 9.89. The van der Waals surface area contributed by atoms with E-state index >= 15 is 0 Å². The maximum Gasteiger partial charge on any atom is 0.341 e. The number of nitrogens with two attached hydrogens (primary N) is 1. The van der Waals surface area contributed by atoms with Gasteiger partial charge < -0.3 is 15.8 Å². The van der Waals surface area contributed by atoms with Crippen LogP contribution in [0.4, 0.5) is 10.7 Å². The van der Waals surface area contributed by atoms with Crippen LogP contribution < -0.4 is 11.1 Å². The summed E-state index contributed by atoms with van der Waals surface area (Å²) in [7, 11) is 1.36. The normalized spacial score (nSPS) is 12.3. The van der Waals surface area contributed by atoms with E-state index in [0.717, 1.165) is 57.6 Å². The molecule has 3 aromatic heterocycles. The van der Waals surface area contributed by atoms with Crippen molar-refractivity contribution in [3.05, 3.63) is 63.7 Å². The first-order valence-electron chi connectivity index (χ1n) is 10.8. The molecule has 5 rings (SSSR count). The third-order valence-corrected chi connectivity index (χ3v) is 8.19. The summed E-state index contributed by atoms with van der Waals surface area (Å²) in [5, 5.41) is 4.22. The van der Waals surface area contributed by atoms with Gasteiger partial charge in [0.05, 0.1) is 18.4 Å². The number of hydrogen-bond acceptors (Lipinski definition) is 7. The number of fused-ring (bicyclic) bond motifs is 4. The smallest absolute Gasteiger partial charge is 0.341 e. The van der Waals surface area contributed by atoms with Crippen molar-refractivity contribution < 1.29 is 14.3 Å². The van der Waals surface area contributed by atoms with E-state index in [4.69, 9.17) is 10.5 Å². The first-order valence-corrected chi connectivity index (χ1v) is 12.5. The van der Waals surface area contributed by atoms with E-state index in [1.54, 1.807) is 0 Å². The number of aromatic nitrogens is 1. The van der Waals surface area contributed by atoms with Crippen LogP contribution in [-0.4, -0.2) is 24.0 Å². The standard InChI is InChI=1S/C25H23N3O3S2/c1-3-6-14-10-12-17-19(26)21(33-23(17)27-14)22(29)28-24-18(25(30)31-2)16-11-9-13-7-4-5-8-15(13)20(16)32-24/h4-5,7-8,10,12H,3,6,9,11,26H2,1-2H3,(H,28,29). The fourth-order valence-corrected chi connectivity index (χ4v) is 6.61. The Balaban J connectivity index is 1.55. The molecule has 33 heavy (non-hydrogen) atoms. The molecule has 0 fully saturated rings. The Hall–Kier alpha value is -3.23. The number of esters is 1. The molecule has 0 saturated carbocycles. The predicted molar refractivity (Wildman–Crippen MR) is 134 cm³/mol. The minimum absolute atomic E-state index is 0.343. The summed E-state index contributed by atoms with van der Waals surface area (Å²) >= 11 is 2.68. The highest BCUT2D eigenvalue weighted by Gasteiger charge is 2.30. The number of aryl methyl sites for hydroxylation is 2. The third kappa shape index (κ3) is 3.69. The first-order chi connectivity index (χ1) is 16.0. The molecule has 3 N–H and O–H groups in total. The lowest BCUT2D eigenvalue weighted by molar-refractivity contribution is 0.0601. The van der Waals surface area contributed by atoms with E-state index in [1.165, 1.54) is 35.3 Å². The van der Waals surface area contributed by atoms with Crippen molar-refractivity contribution in [3.8, 4) is 10.4 Å². The number of hydrogen-bond donors (Lipinski definition) is 2. The van der Waals surface area contributed by atoms with Crippen molar-refractivity contribution in [2.75, 3.05) is 18.2 Å². The monoisotopic (exact) mass is 477 g/mol. The van der Waals surface area contributed by atoms with Crippen LogP contribution in [0.25, 0.3) is 20.7 Å². The summed E-state index contributed by atoms with van der Waals surface area (Å²) < 4.78 is 5.07. The maximum atomic E-state index is 13.3. The van der Waals surface area contributed by atoms with E-state index in [-0.39, 0.29) is 5.91 Å². The van der Waals surface area contributed by atoms with Crippen molar-refractivity contribution in [1.82, 2.24) is 4.98 Å². The molecule has 0 unspecified atom stereocenters. The van der Waals surface area contributed by atoms with Gasteiger partial charge in [-0.3, -0.25) is 4.79 Å². The fraction of sp³-hybridized carbons (Fsp3) is 0.240. The van der Waals surface area contributed by atoms with Crippen molar-refractivity contribution in [2.24, 2.45) is 0 Å². The molecule has 3 heterocycles. The van der Waals surface area contributed by atoms with Crippen LogP contribution in [0.1, 0.15) is 50.2 Å². The maximum absolute atomic E-state index is 13.3. The zero-order valence-corrected chi connectivity index (χ0v) is 20.0. The molecule has 1 aliphatic carbocycles. The lowest BCUT2D eigenvalue weighted by Gasteiger charge is -2.16. The van der Waals surface area contributed by atoms with E-state index in [9.17, 15) is 9.59 Å². The van der Waals surface area contributed by atoms with Gasteiger partial charge >= 0.3 is 5.97 Å². The summed E-state index contributed by atoms with van der Waals surface area (Å²) in [5.74, 6) is -0.790. The second-order valence-corrected chi connectivity index (χ2v) is 9.99.